The van der Waals surface area contributed by atoms with Crippen LogP contribution in [0.3, 0.4) is 0 Å². The number of benzene rings is 1. The second kappa shape index (κ2) is 7.57. The van der Waals surface area contributed by atoms with Crippen molar-refractivity contribution in [2.75, 3.05) is 13.7 Å². The van der Waals surface area contributed by atoms with E-state index in [4.69, 9.17) is 0 Å². The lowest BCUT2D eigenvalue weighted by Gasteiger charge is -2.04. The van der Waals surface area contributed by atoms with Gasteiger partial charge in [0.1, 0.15) is 5.78 Å². The van der Waals surface area contributed by atoms with Crippen molar-refractivity contribution in [2.45, 2.75) is 19.4 Å². The lowest BCUT2D eigenvalue weighted by atomic mass is 10.2. The number of esters is 1. The summed E-state index contributed by atoms with van der Waals surface area (Å²) in [6, 6.07) is 9.84. The summed E-state index contributed by atoms with van der Waals surface area (Å²) in [7, 11) is 1.32. The van der Waals surface area contributed by atoms with Crippen LogP contribution in [0.15, 0.2) is 30.3 Å². The Morgan fingerprint density at radius 3 is 2.53 bits per heavy atom. The highest BCUT2D eigenvalue weighted by Crippen LogP contribution is 1.97. The van der Waals surface area contributed by atoms with Gasteiger partial charge in [-0.05, 0) is 5.56 Å². The second-order valence-electron chi connectivity index (χ2n) is 3.70. The minimum atomic E-state index is -0.346. The summed E-state index contributed by atoms with van der Waals surface area (Å²) >= 11 is 0. The number of ether oxygens (including phenoxy) is 1. The van der Waals surface area contributed by atoms with E-state index < -0.39 is 0 Å². The molecular weight excluding hydrogens is 218 g/mol. The Balaban J connectivity index is 2.14. The van der Waals surface area contributed by atoms with Crippen LogP contribution in [0.4, 0.5) is 0 Å². The van der Waals surface area contributed by atoms with E-state index in [0.29, 0.717) is 6.54 Å². The van der Waals surface area contributed by atoms with Gasteiger partial charge in [0.15, 0.2) is 0 Å². The molecule has 0 saturated heterocycles. The maximum atomic E-state index is 11.4. The highest BCUT2D eigenvalue weighted by atomic mass is 16.5. The monoisotopic (exact) mass is 235 g/mol. The Morgan fingerprint density at radius 2 is 1.88 bits per heavy atom. The SMILES string of the molecule is COC(=O)CCC(=O)CNCc1ccccc1. The van der Waals surface area contributed by atoms with E-state index in [0.717, 1.165) is 5.56 Å². The molecule has 0 spiro atoms. The number of rotatable bonds is 7. The van der Waals surface area contributed by atoms with E-state index in [-0.39, 0.29) is 31.1 Å². The van der Waals surface area contributed by atoms with Crippen molar-refractivity contribution in [2.24, 2.45) is 0 Å². The molecule has 4 nitrogen and oxygen atoms in total. The van der Waals surface area contributed by atoms with Crippen LogP contribution in [0.25, 0.3) is 0 Å². The van der Waals surface area contributed by atoms with Crippen LogP contribution >= 0.6 is 0 Å². The molecule has 0 fully saturated rings. The molecule has 1 rings (SSSR count). The molecule has 17 heavy (non-hydrogen) atoms. The molecule has 1 N–H and O–H groups in total. The van der Waals surface area contributed by atoms with Crippen LogP contribution in [0.5, 0.6) is 0 Å². The molecule has 0 saturated carbocycles. The third-order valence-corrected chi connectivity index (χ3v) is 2.33. The zero-order valence-corrected chi connectivity index (χ0v) is 9.94. The molecule has 0 radical (unpaired) electrons. The average Bonchev–Trinajstić information content (AvgIpc) is 2.37. The van der Waals surface area contributed by atoms with Crippen molar-refractivity contribution in [1.82, 2.24) is 5.32 Å². The van der Waals surface area contributed by atoms with Crippen molar-refractivity contribution in [1.29, 1.82) is 0 Å². The van der Waals surface area contributed by atoms with E-state index in [2.05, 4.69) is 10.1 Å². The highest BCUT2D eigenvalue weighted by molar-refractivity contribution is 5.84. The third kappa shape index (κ3) is 5.82. The molecule has 0 amide bonds. The normalized spacial score (nSPS) is 9.94. The predicted octanol–water partition coefficient (Wildman–Crippen LogP) is 1.30. The number of nitrogens with one attached hydrogen (secondary N) is 1. The van der Waals surface area contributed by atoms with Crippen LogP contribution in [-0.4, -0.2) is 25.4 Å². The Labute approximate surface area is 101 Å². The van der Waals surface area contributed by atoms with Gasteiger partial charge < -0.3 is 10.1 Å². The lowest BCUT2D eigenvalue weighted by molar-refractivity contribution is -0.141. The average molecular weight is 235 g/mol. The van der Waals surface area contributed by atoms with Crippen molar-refractivity contribution >= 4 is 11.8 Å². The Kier molecular flexibility index (Phi) is 5.96. The summed E-state index contributed by atoms with van der Waals surface area (Å²) < 4.78 is 4.46. The van der Waals surface area contributed by atoms with Gasteiger partial charge in [-0.25, -0.2) is 0 Å². The van der Waals surface area contributed by atoms with Gasteiger partial charge in [0.2, 0.25) is 0 Å². The second-order valence-corrected chi connectivity index (χ2v) is 3.70. The zero-order valence-electron chi connectivity index (χ0n) is 9.94. The van der Waals surface area contributed by atoms with Gasteiger partial charge in [0.25, 0.3) is 0 Å². The third-order valence-electron chi connectivity index (χ3n) is 2.33. The largest absolute Gasteiger partial charge is 0.469 e. The molecule has 1 aromatic carbocycles. The van der Waals surface area contributed by atoms with E-state index >= 15 is 0 Å². The fourth-order valence-electron chi connectivity index (χ4n) is 1.37. The Hall–Kier alpha value is -1.68. The summed E-state index contributed by atoms with van der Waals surface area (Å²) in [5.41, 5.74) is 1.13. The van der Waals surface area contributed by atoms with Gasteiger partial charge in [-0.2, -0.15) is 0 Å². The zero-order chi connectivity index (χ0) is 12.5. The van der Waals surface area contributed by atoms with Gasteiger partial charge in [-0.15, -0.1) is 0 Å². The van der Waals surface area contributed by atoms with E-state index in [1.165, 1.54) is 7.11 Å². The molecule has 4 heteroatoms. The van der Waals surface area contributed by atoms with Crippen LogP contribution < -0.4 is 5.32 Å². The maximum absolute atomic E-state index is 11.4. The van der Waals surface area contributed by atoms with Crippen LogP contribution in [0.2, 0.25) is 0 Å². The number of ketones is 1. The number of hydrogen-bond acceptors (Lipinski definition) is 4. The molecule has 0 bridgehead atoms. The number of hydrogen-bond donors (Lipinski definition) is 1. The molecule has 92 valence electrons. The van der Waals surface area contributed by atoms with Gasteiger partial charge >= 0.3 is 5.97 Å². The molecule has 1 aromatic rings. The molecular formula is C13H17NO3. The standard InChI is InChI=1S/C13H17NO3/c1-17-13(16)8-7-12(15)10-14-9-11-5-3-2-4-6-11/h2-6,14H,7-10H2,1H3. The van der Waals surface area contributed by atoms with Gasteiger partial charge in [0.05, 0.1) is 20.1 Å². The number of carbonyl (C=O) groups excluding carboxylic acids is 2. The van der Waals surface area contributed by atoms with Crippen LogP contribution in [-0.2, 0) is 20.9 Å². The minimum absolute atomic E-state index is 0.0198. The van der Waals surface area contributed by atoms with Gasteiger partial charge in [-0.3, -0.25) is 9.59 Å². The van der Waals surface area contributed by atoms with Crippen LogP contribution in [0, 0.1) is 0 Å². The summed E-state index contributed by atoms with van der Waals surface area (Å²) in [6.45, 7) is 0.941. The van der Waals surface area contributed by atoms with Crippen molar-refractivity contribution in [3.05, 3.63) is 35.9 Å². The smallest absolute Gasteiger partial charge is 0.305 e. The molecule has 0 aliphatic heterocycles. The maximum Gasteiger partial charge on any atom is 0.305 e. The number of Topliss-reactive ketones (excluding diaryl/α,β-unsaturated/α-hetero) is 1. The fourth-order valence-corrected chi connectivity index (χ4v) is 1.37. The molecule has 0 aliphatic carbocycles. The first kappa shape index (κ1) is 13.4. The van der Waals surface area contributed by atoms with E-state index in [1.807, 2.05) is 30.3 Å². The molecule has 0 unspecified atom stereocenters. The summed E-state index contributed by atoms with van der Waals surface area (Å²) in [5, 5.41) is 3.04. The lowest BCUT2D eigenvalue weighted by Crippen LogP contribution is -2.23. The van der Waals surface area contributed by atoms with Gasteiger partial charge in [-0.1, -0.05) is 30.3 Å². The van der Waals surface area contributed by atoms with E-state index in [1.54, 1.807) is 0 Å². The first-order valence-corrected chi connectivity index (χ1v) is 5.55. The van der Waals surface area contributed by atoms with Crippen molar-refractivity contribution < 1.29 is 14.3 Å². The topological polar surface area (TPSA) is 55.4 Å². The highest BCUT2D eigenvalue weighted by Gasteiger charge is 2.06. The predicted molar refractivity (Wildman–Crippen MR) is 64.4 cm³/mol. The summed E-state index contributed by atoms with van der Waals surface area (Å²) in [4.78, 5) is 22.2. The first-order chi connectivity index (χ1) is 8.22. The minimum Gasteiger partial charge on any atom is -0.469 e. The molecule has 0 heterocycles. The Bertz CT molecular complexity index is 362. The van der Waals surface area contributed by atoms with Crippen LogP contribution in [0.1, 0.15) is 18.4 Å². The number of methoxy groups -OCH3 is 1. The van der Waals surface area contributed by atoms with Crippen molar-refractivity contribution in [3.63, 3.8) is 0 Å². The van der Waals surface area contributed by atoms with Crippen molar-refractivity contribution in [3.8, 4) is 0 Å². The first-order valence-electron chi connectivity index (χ1n) is 5.55. The Morgan fingerprint density at radius 1 is 1.18 bits per heavy atom. The fraction of sp³-hybridized carbons (Fsp3) is 0.385. The summed E-state index contributed by atoms with van der Waals surface area (Å²) in [6.07, 6.45) is 0.386. The molecule has 0 aliphatic rings. The quantitative estimate of drug-likeness (QED) is 0.724. The number of carbonyl (C=O) groups is 2. The molecule has 0 aromatic heterocycles. The molecule has 0 atom stereocenters. The summed E-state index contributed by atoms with van der Waals surface area (Å²) in [5.74, 6) is -0.326. The van der Waals surface area contributed by atoms with E-state index in [9.17, 15) is 9.59 Å². The van der Waals surface area contributed by atoms with Gasteiger partial charge in [0, 0.05) is 13.0 Å².